The van der Waals surface area contributed by atoms with E-state index in [1.54, 1.807) is 0 Å². The number of rotatable bonds is 5. The zero-order valence-corrected chi connectivity index (χ0v) is 11.9. The summed E-state index contributed by atoms with van der Waals surface area (Å²) in [5, 5.41) is 3.42. The lowest BCUT2D eigenvalue weighted by atomic mass is 10.1. The van der Waals surface area contributed by atoms with Crippen molar-refractivity contribution in [1.29, 1.82) is 0 Å². The molecule has 0 aromatic carbocycles. The van der Waals surface area contributed by atoms with E-state index in [2.05, 4.69) is 38.1 Å². The molecule has 2 rings (SSSR count). The summed E-state index contributed by atoms with van der Waals surface area (Å²) >= 11 is 3.39. The van der Waals surface area contributed by atoms with E-state index >= 15 is 0 Å². The molecule has 0 spiro atoms. The van der Waals surface area contributed by atoms with Crippen LogP contribution in [0.5, 0.6) is 0 Å². The first-order valence-corrected chi connectivity index (χ1v) is 7.15. The summed E-state index contributed by atoms with van der Waals surface area (Å²) in [7, 11) is 0. The molecule has 1 aromatic heterocycles. The molecule has 1 N–H and O–H groups in total. The van der Waals surface area contributed by atoms with Crippen LogP contribution in [0.15, 0.2) is 22.8 Å². The molecule has 1 aliphatic rings. The normalized spacial score (nSPS) is 20.7. The van der Waals surface area contributed by atoms with E-state index < -0.39 is 0 Å². The van der Waals surface area contributed by atoms with E-state index in [1.807, 2.05) is 18.3 Å². The van der Waals surface area contributed by atoms with Gasteiger partial charge in [-0.1, -0.05) is 6.92 Å². The van der Waals surface area contributed by atoms with E-state index in [1.165, 1.54) is 32.5 Å². The van der Waals surface area contributed by atoms with Crippen LogP contribution < -0.4 is 5.32 Å². The first-order valence-electron chi connectivity index (χ1n) is 6.35. The second kappa shape index (κ2) is 6.36. The highest BCUT2D eigenvalue weighted by molar-refractivity contribution is 9.10. The molecular weight excluding hydrogens is 278 g/mol. The predicted molar refractivity (Wildman–Crippen MR) is 75.3 cm³/mol. The lowest BCUT2D eigenvalue weighted by molar-refractivity contribution is 0.327. The molecule has 0 aliphatic carbocycles. The number of likely N-dealkylation sites (tertiary alicyclic amines) is 1. The van der Waals surface area contributed by atoms with Gasteiger partial charge >= 0.3 is 0 Å². The molecule has 1 saturated heterocycles. The number of anilines is 1. The van der Waals surface area contributed by atoms with Crippen molar-refractivity contribution in [2.45, 2.75) is 19.8 Å². The van der Waals surface area contributed by atoms with Gasteiger partial charge in [0.15, 0.2) is 0 Å². The first-order chi connectivity index (χ1) is 8.28. The third-order valence-electron chi connectivity index (χ3n) is 3.21. The van der Waals surface area contributed by atoms with Gasteiger partial charge < -0.3 is 10.2 Å². The van der Waals surface area contributed by atoms with Crippen LogP contribution in [0, 0.1) is 5.92 Å². The molecule has 94 valence electrons. The number of hydrogen-bond donors (Lipinski definition) is 1. The van der Waals surface area contributed by atoms with Gasteiger partial charge in [0.05, 0.1) is 0 Å². The molecule has 1 aromatic rings. The number of hydrogen-bond acceptors (Lipinski definition) is 3. The van der Waals surface area contributed by atoms with E-state index in [-0.39, 0.29) is 0 Å². The van der Waals surface area contributed by atoms with Crippen LogP contribution in [0.4, 0.5) is 5.82 Å². The van der Waals surface area contributed by atoms with E-state index in [0.29, 0.717) is 0 Å². The molecular formula is C13H20BrN3. The van der Waals surface area contributed by atoms with Gasteiger partial charge in [-0.05, 0) is 59.9 Å². The Bertz CT molecular complexity index is 339. The van der Waals surface area contributed by atoms with Gasteiger partial charge in [-0.3, -0.25) is 0 Å². The summed E-state index contributed by atoms with van der Waals surface area (Å²) in [6.45, 7) is 7.02. The largest absolute Gasteiger partial charge is 0.370 e. The third kappa shape index (κ3) is 3.96. The fourth-order valence-electron chi connectivity index (χ4n) is 2.33. The molecule has 1 fully saturated rings. The highest BCUT2D eigenvalue weighted by Gasteiger charge is 2.21. The SMILES string of the molecule is CCCN1CCC(CNc2ccc(Br)cn2)C1. The fourth-order valence-corrected chi connectivity index (χ4v) is 2.56. The minimum atomic E-state index is 0.770. The Morgan fingerprint density at radius 1 is 1.53 bits per heavy atom. The number of aromatic nitrogens is 1. The molecule has 0 bridgehead atoms. The minimum absolute atomic E-state index is 0.770. The minimum Gasteiger partial charge on any atom is -0.370 e. The highest BCUT2D eigenvalue weighted by Crippen LogP contribution is 2.17. The lowest BCUT2D eigenvalue weighted by Gasteiger charge is -2.15. The standard InChI is InChI=1S/C13H20BrN3/c1-2-6-17-7-5-11(10-17)8-15-13-4-3-12(14)9-16-13/h3-4,9,11H,2,5-8,10H2,1H3,(H,15,16). The Kier molecular flexibility index (Phi) is 4.80. The van der Waals surface area contributed by atoms with Crippen molar-refractivity contribution in [3.8, 4) is 0 Å². The summed E-state index contributed by atoms with van der Waals surface area (Å²) in [4.78, 5) is 6.88. The number of halogens is 1. The maximum absolute atomic E-state index is 4.32. The third-order valence-corrected chi connectivity index (χ3v) is 3.68. The van der Waals surface area contributed by atoms with Crippen LogP contribution in [0.1, 0.15) is 19.8 Å². The molecule has 2 heterocycles. The first kappa shape index (κ1) is 12.8. The van der Waals surface area contributed by atoms with Gasteiger partial charge in [0, 0.05) is 23.8 Å². The summed E-state index contributed by atoms with van der Waals surface area (Å²) in [5.74, 6) is 1.74. The highest BCUT2D eigenvalue weighted by atomic mass is 79.9. The molecule has 0 saturated carbocycles. The molecule has 0 radical (unpaired) electrons. The average Bonchev–Trinajstić information content (AvgIpc) is 2.77. The molecule has 1 unspecified atom stereocenters. The molecule has 17 heavy (non-hydrogen) atoms. The van der Waals surface area contributed by atoms with Crippen molar-refractivity contribution in [2.24, 2.45) is 5.92 Å². The van der Waals surface area contributed by atoms with Crippen molar-refractivity contribution < 1.29 is 0 Å². The quantitative estimate of drug-likeness (QED) is 0.906. The van der Waals surface area contributed by atoms with Crippen LogP contribution in [0.2, 0.25) is 0 Å². The zero-order chi connectivity index (χ0) is 12.1. The lowest BCUT2D eigenvalue weighted by Crippen LogP contribution is -2.23. The second-order valence-corrected chi connectivity index (χ2v) is 5.61. The number of pyridine rings is 1. The topological polar surface area (TPSA) is 28.2 Å². The van der Waals surface area contributed by atoms with Gasteiger partial charge in [-0.2, -0.15) is 0 Å². The molecule has 4 heteroatoms. The maximum Gasteiger partial charge on any atom is 0.125 e. The average molecular weight is 298 g/mol. The van der Waals surface area contributed by atoms with Gasteiger partial charge in [0.25, 0.3) is 0 Å². The zero-order valence-electron chi connectivity index (χ0n) is 10.3. The Hall–Kier alpha value is -0.610. The second-order valence-electron chi connectivity index (χ2n) is 4.70. The van der Waals surface area contributed by atoms with Crippen molar-refractivity contribution in [3.63, 3.8) is 0 Å². The van der Waals surface area contributed by atoms with Crippen molar-refractivity contribution >= 4 is 21.7 Å². The molecule has 0 amide bonds. The van der Waals surface area contributed by atoms with Crippen LogP contribution in [-0.2, 0) is 0 Å². The Balaban J connectivity index is 1.74. The van der Waals surface area contributed by atoms with E-state index in [0.717, 1.165) is 22.8 Å². The predicted octanol–water partition coefficient (Wildman–Crippen LogP) is 2.99. The van der Waals surface area contributed by atoms with Gasteiger partial charge in [0.2, 0.25) is 0 Å². The Morgan fingerprint density at radius 3 is 3.12 bits per heavy atom. The Labute approximate surface area is 112 Å². The summed E-state index contributed by atoms with van der Waals surface area (Å²) in [6, 6.07) is 4.04. The van der Waals surface area contributed by atoms with Crippen molar-refractivity contribution in [1.82, 2.24) is 9.88 Å². The Morgan fingerprint density at radius 2 is 2.41 bits per heavy atom. The van der Waals surface area contributed by atoms with Crippen LogP contribution in [0.25, 0.3) is 0 Å². The number of nitrogens with one attached hydrogen (secondary N) is 1. The molecule has 1 atom stereocenters. The molecule has 1 aliphatic heterocycles. The number of nitrogens with zero attached hydrogens (tertiary/aromatic N) is 2. The summed E-state index contributed by atoms with van der Waals surface area (Å²) in [6.07, 6.45) is 4.40. The monoisotopic (exact) mass is 297 g/mol. The van der Waals surface area contributed by atoms with E-state index in [4.69, 9.17) is 0 Å². The fraction of sp³-hybridized carbons (Fsp3) is 0.615. The van der Waals surface area contributed by atoms with Crippen LogP contribution in [-0.4, -0.2) is 36.1 Å². The van der Waals surface area contributed by atoms with Crippen LogP contribution in [0.3, 0.4) is 0 Å². The van der Waals surface area contributed by atoms with Crippen molar-refractivity contribution in [2.75, 3.05) is 31.5 Å². The van der Waals surface area contributed by atoms with E-state index in [9.17, 15) is 0 Å². The summed E-state index contributed by atoms with van der Waals surface area (Å²) < 4.78 is 1.03. The van der Waals surface area contributed by atoms with Crippen molar-refractivity contribution in [3.05, 3.63) is 22.8 Å². The summed E-state index contributed by atoms with van der Waals surface area (Å²) in [5.41, 5.74) is 0. The van der Waals surface area contributed by atoms with Crippen LogP contribution >= 0.6 is 15.9 Å². The van der Waals surface area contributed by atoms with Gasteiger partial charge in [-0.25, -0.2) is 4.98 Å². The maximum atomic E-state index is 4.32. The van der Waals surface area contributed by atoms with Gasteiger partial charge in [-0.15, -0.1) is 0 Å². The molecule has 3 nitrogen and oxygen atoms in total. The van der Waals surface area contributed by atoms with Gasteiger partial charge in [0.1, 0.15) is 5.82 Å². The smallest absolute Gasteiger partial charge is 0.125 e.